The van der Waals surface area contributed by atoms with Gasteiger partial charge in [0.15, 0.2) is 0 Å². The van der Waals surface area contributed by atoms with Crippen molar-refractivity contribution in [3.63, 3.8) is 0 Å². The number of nitrogens with two attached hydrogens (primary N) is 1. The van der Waals surface area contributed by atoms with E-state index in [4.69, 9.17) is 5.73 Å². The minimum absolute atomic E-state index is 0.267. The molecule has 1 saturated carbocycles. The minimum atomic E-state index is 0.267. The second kappa shape index (κ2) is 5.46. The van der Waals surface area contributed by atoms with Crippen molar-refractivity contribution < 1.29 is 0 Å². The molecule has 0 spiro atoms. The second-order valence-electron chi connectivity index (χ2n) is 4.77. The lowest BCUT2D eigenvalue weighted by Gasteiger charge is -2.24. The average Bonchev–Trinajstić information content (AvgIpc) is 3.11. The molecule has 1 fully saturated rings. The van der Waals surface area contributed by atoms with Crippen LogP contribution in [0, 0.1) is 0 Å². The van der Waals surface area contributed by atoms with E-state index in [9.17, 15) is 0 Å². The quantitative estimate of drug-likeness (QED) is 0.791. The molecule has 0 heterocycles. The molecule has 1 aliphatic rings. The van der Waals surface area contributed by atoms with Crippen LogP contribution in [0.1, 0.15) is 25.3 Å². The third kappa shape index (κ3) is 3.32. The highest BCUT2D eigenvalue weighted by Crippen LogP contribution is 2.26. The summed E-state index contributed by atoms with van der Waals surface area (Å²) in [5, 5.41) is 0. The molecule has 1 unspecified atom stereocenters. The zero-order chi connectivity index (χ0) is 11.4. The van der Waals surface area contributed by atoms with Crippen LogP contribution in [0.4, 0.5) is 0 Å². The summed E-state index contributed by atoms with van der Waals surface area (Å²) in [6, 6.07) is 11.6. The van der Waals surface area contributed by atoms with Crippen LogP contribution in [0.3, 0.4) is 0 Å². The highest BCUT2D eigenvalue weighted by atomic mass is 15.2. The molecule has 2 heteroatoms. The van der Waals surface area contributed by atoms with E-state index in [1.54, 1.807) is 0 Å². The van der Waals surface area contributed by atoms with Gasteiger partial charge in [-0.05, 0) is 31.4 Å². The van der Waals surface area contributed by atoms with Crippen LogP contribution in [-0.4, -0.2) is 30.1 Å². The molecule has 0 aliphatic heterocycles. The zero-order valence-corrected chi connectivity index (χ0v) is 10.1. The van der Waals surface area contributed by atoms with E-state index in [0.29, 0.717) is 0 Å². The Bertz CT molecular complexity index is 306. The van der Waals surface area contributed by atoms with E-state index in [-0.39, 0.29) is 6.04 Å². The van der Waals surface area contributed by atoms with Crippen molar-refractivity contribution in [2.24, 2.45) is 5.73 Å². The summed E-state index contributed by atoms with van der Waals surface area (Å²) in [4.78, 5) is 2.52. The molecule has 0 amide bonds. The smallest absolute Gasteiger partial charge is 0.0208 e. The van der Waals surface area contributed by atoms with Gasteiger partial charge >= 0.3 is 0 Å². The van der Waals surface area contributed by atoms with Crippen molar-refractivity contribution in [3.05, 3.63) is 35.9 Å². The van der Waals surface area contributed by atoms with Crippen molar-refractivity contribution in [2.75, 3.05) is 13.1 Å². The van der Waals surface area contributed by atoms with Crippen molar-refractivity contribution in [1.29, 1.82) is 0 Å². The third-order valence-electron chi connectivity index (χ3n) is 3.28. The van der Waals surface area contributed by atoms with Crippen molar-refractivity contribution in [2.45, 2.75) is 38.3 Å². The van der Waals surface area contributed by atoms with E-state index in [2.05, 4.69) is 42.2 Å². The maximum Gasteiger partial charge on any atom is 0.0208 e. The average molecular weight is 218 g/mol. The van der Waals surface area contributed by atoms with Gasteiger partial charge < -0.3 is 5.73 Å². The minimum Gasteiger partial charge on any atom is -0.326 e. The Hall–Kier alpha value is -0.860. The fourth-order valence-corrected chi connectivity index (χ4v) is 2.26. The Kier molecular flexibility index (Phi) is 3.97. The van der Waals surface area contributed by atoms with Gasteiger partial charge in [0.25, 0.3) is 0 Å². The summed E-state index contributed by atoms with van der Waals surface area (Å²) in [6.07, 6.45) is 3.72. The number of likely N-dealkylation sites (N-methyl/N-ethyl adjacent to an activating group) is 1. The standard InChI is InChI=1S/C14H22N2/c1-2-16(14-8-9-14)11-13(15)10-12-6-4-3-5-7-12/h3-7,13-14H,2,8-11,15H2,1H3. The van der Waals surface area contributed by atoms with Crippen LogP contribution >= 0.6 is 0 Å². The van der Waals surface area contributed by atoms with Crippen LogP contribution in [0.5, 0.6) is 0 Å². The van der Waals surface area contributed by atoms with E-state index < -0.39 is 0 Å². The van der Waals surface area contributed by atoms with E-state index in [1.165, 1.54) is 18.4 Å². The second-order valence-corrected chi connectivity index (χ2v) is 4.77. The van der Waals surface area contributed by atoms with E-state index in [1.807, 2.05) is 0 Å². The molecule has 1 aromatic carbocycles. The monoisotopic (exact) mass is 218 g/mol. The zero-order valence-electron chi connectivity index (χ0n) is 10.1. The van der Waals surface area contributed by atoms with Crippen LogP contribution in [0.25, 0.3) is 0 Å². The molecule has 0 saturated heterocycles. The number of hydrogen-bond donors (Lipinski definition) is 1. The SMILES string of the molecule is CCN(CC(N)Cc1ccccc1)C1CC1. The third-order valence-corrected chi connectivity index (χ3v) is 3.28. The molecule has 16 heavy (non-hydrogen) atoms. The maximum atomic E-state index is 6.21. The van der Waals surface area contributed by atoms with E-state index >= 15 is 0 Å². The Morgan fingerprint density at radius 3 is 2.56 bits per heavy atom. The first-order valence-corrected chi connectivity index (χ1v) is 6.33. The van der Waals surface area contributed by atoms with Gasteiger partial charge in [-0.15, -0.1) is 0 Å². The first-order chi connectivity index (χ1) is 7.79. The van der Waals surface area contributed by atoms with Gasteiger partial charge in [-0.3, -0.25) is 4.90 Å². The number of nitrogens with zero attached hydrogens (tertiary/aromatic N) is 1. The highest BCUT2D eigenvalue weighted by molar-refractivity contribution is 5.15. The number of rotatable bonds is 6. The summed E-state index contributed by atoms with van der Waals surface area (Å²) in [7, 11) is 0. The molecule has 2 rings (SSSR count). The predicted octanol–water partition coefficient (Wildman–Crippen LogP) is 2.04. The van der Waals surface area contributed by atoms with Gasteiger partial charge in [-0.1, -0.05) is 37.3 Å². The molecule has 1 aliphatic carbocycles. The number of hydrogen-bond acceptors (Lipinski definition) is 2. The van der Waals surface area contributed by atoms with Crippen LogP contribution in [-0.2, 0) is 6.42 Å². The fourth-order valence-electron chi connectivity index (χ4n) is 2.26. The fraction of sp³-hybridized carbons (Fsp3) is 0.571. The molecular formula is C14H22N2. The van der Waals surface area contributed by atoms with Crippen molar-refractivity contribution in [1.82, 2.24) is 4.90 Å². The normalized spacial score (nSPS) is 17.7. The molecule has 1 aromatic rings. The summed E-state index contributed by atoms with van der Waals surface area (Å²) in [5.41, 5.74) is 7.56. The molecule has 2 nitrogen and oxygen atoms in total. The van der Waals surface area contributed by atoms with Crippen LogP contribution in [0.15, 0.2) is 30.3 Å². The first-order valence-electron chi connectivity index (χ1n) is 6.33. The topological polar surface area (TPSA) is 29.3 Å². The summed E-state index contributed by atoms with van der Waals surface area (Å²) >= 11 is 0. The van der Waals surface area contributed by atoms with Gasteiger partial charge in [-0.2, -0.15) is 0 Å². The van der Waals surface area contributed by atoms with Crippen molar-refractivity contribution >= 4 is 0 Å². The van der Waals surface area contributed by atoms with Gasteiger partial charge in [0.2, 0.25) is 0 Å². The lowest BCUT2D eigenvalue weighted by atomic mass is 10.1. The molecule has 2 N–H and O–H groups in total. The van der Waals surface area contributed by atoms with Crippen molar-refractivity contribution in [3.8, 4) is 0 Å². The van der Waals surface area contributed by atoms with Gasteiger partial charge in [0.05, 0.1) is 0 Å². The Balaban J connectivity index is 1.81. The predicted molar refractivity (Wildman–Crippen MR) is 68.4 cm³/mol. The Morgan fingerprint density at radius 1 is 1.31 bits per heavy atom. The van der Waals surface area contributed by atoms with E-state index in [0.717, 1.165) is 25.6 Å². The summed E-state index contributed by atoms with van der Waals surface area (Å²) < 4.78 is 0. The highest BCUT2D eigenvalue weighted by Gasteiger charge is 2.28. The Morgan fingerprint density at radius 2 is 2.00 bits per heavy atom. The molecule has 88 valence electrons. The number of benzene rings is 1. The lowest BCUT2D eigenvalue weighted by Crippen LogP contribution is -2.39. The van der Waals surface area contributed by atoms with Gasteiger partial charge in [0.1, 0.15) is 0 Å². The first kappa shape index (κ1) is 11.6. The largest absolute Gasteiger partial charge is 0.326 e. The van der Waals surface area contributed by atoms with Gasteiger partial charge in [-0.25, -0.2) is 0 Å². The molecular weight excluding hydrogens is 196 g/mol. The maximum absolute atomic E-state index is 6.21. The van der Waals surface area contributed by atoms with Gasteiger partial charge in [0, 0.05) is 18.6 Å². The molecule has 0 radical (unpaired) electrons. The molecule has 0 bridgehead atoms. The summed E-state index contributed by atoms with van der Waals surface area (Å²) in [6.45, 7) is 4.40. The van der Waals surface area contributed by atoms with Crippen LogP contribution < -0.4 is 5.73 Å². The summed E-state index contributed by atoms with van der Waals surface area (Å²) in [5.74, 6) is 0. The molecule has 1 atom stereocenters. The lowest BCUT2D eigenvalue weighted by molar-refractivity contribution is 0.259. The molecule has 0 aromatic heterocycles. The Labute approximate surface area is 98.4 Å². The van der Waals surface area contributed by atoms with Crippen LogP contribution in [0.2, 0.25) is 0 Å².